The molecule has 0 radical (unpaired) electrons. The molecule has 2 nitrogen and oxygen atoms in total. The largest absolute Gasteiger partial charge is 0.375 e. The van der Waals surface area contributed by atoms with E-state index in [1.807, 2.05) is 0 Å². The first-order valence-electron chi connectivity index (χ1n) is 5.39. The molecule has 0 unspecified atom stereocenters. The molecule has 1 N–H and O–H groups in total. The molecule has 1 aromatic carbocycles. The third-order valence-electron chi connectivity index (χ3n) is 2.50. The van der Waals surface area contributed by atoms with E-state index in [1.165, 1.54) is 11.3 Å². The van der Waals surface area contributed by atoms with E-state index in [-0.39, 0.29) is 0 Å². The van der Waals surface area contributed by atoms with Crippen molar-refractivity contribution in [3.8, 4) is 0 Å². The summed E-state index contributed by atoms with van der Waals surface area (Å²) in [7, 11) is 2.12. The zero-order chi connectivity index (χ0) is 11.3. The predicted octanol–water partition coefficient (Wildman–Crippen LogP) is 3.01. The summed E-state index contributed by atoms with van der Waals surface area (Å²) in [6, 6.07) is 6.45. The predicted molar refractivity (Wildman–Crippen MR) is 70.5 cm³/mol. The molecule has 0 atom stereocenters. The number of nitrogens with zero attached hydrogens (tertiary/aromatic N) is 1. The highest BCUT2D eigenvalue weighted by molar-refractivity contribution is 9.10. The molecule has 0 saturated heterocycles. The minimum absolute atomic E-state index is 0.934. The Morgan fingerprint density at radius 3 is 2.67 bits per heavy atom. The van der Waals surface area contributed by atoms with Crippen LogP contribution in [0.15, 0.2) is 22.7 Å². The lowest BCUT2D eigenvalue weighted by Gasteiger charge is -2.21. The molecule has 0 aliphatic rings. The van der Waals surface area contributed by atoms with Crippen LogP contribution in [0.4, 0.5) is 5.69 Å². The fraction of sp³-hybridized carbons (Fsp3) is 0.500. The molecule has 0 heterocycles. The zero-order valence-corrected chi connectivity index (χ0v) is 11.3. The molecule has 0 aromatic heterocycles. The van der Waals surface area contributed by atoms with Gasteiger partial charge in [0.05, 0.1) is 0 Å². The smallest absolute Gasteiger partial charge is 0.0420 e. The van der Waals surface area contributed by atoms with Crippen LogP contribution in [0.1, 0.15) is 19.4 Å². The summed E-state index contributed by atoms with van der Waals surface area (Å²) in [5, 5.41) is 3.36. The van der Waals surface area contributed by atoms with Crippen molar-refractivity contribution in [3.63, 3.8) is 0 Å². The number of rotatable bonds is 5. The molecular formula is C12H19BrN2. The third kappa shape index (κ3) is 3.50. The van der Waals surface area contributed by atoms with Gasteiger partial charge in [-0.2, -0.15) is 0 Å². The average molecular weight is 271 g/mol. The van der Waals surface area contributed by atoms with Crippen LogP contribution in [-0.2, 0) is 6.54 Å². The topological polar surface area (TPSA) is 15.3 Å². The molecule has 15 heavy (non-hydrogen) atoms. The van der Waals surface area contributed by atoms with Crippen molar-refractivity contribution in [1.82, 2.24) is 5.32 Å². The van der Waals surface area contributed by atoms with E-state index in [9.17, 15) is 0 Å². The van der Waals surface area contributed by atoms with E-state index in [2.05, 4.69) is 65.2 Å². The standard InChI is InChI=1S/C12H19BrN2/c1-4-14-9-10-6-7-11(13)8-12(10)15(3)5-2/h6-8,14H,4-5,9H2,1-3H3. The molecule has 0 amide bonds. The molecule has 0 spiro atoms. The van der Waals surface area contributed by atoms with Crippen LogP contribution in [0.2, 0.25) is 0 Å². The van der Waals surface area contributed by atoms with Crippen molar-refractivity contribution in [3.05, 3.63) is 28.2 Å². The van der Waals surface area contributed by atoms with Crippen LogP contribution >= 0.6 is 15.9 Å². The third-order valence-corrected chi connectivity index (χ3v) is 2.99. The van der Waals surface area contributed by atoms with Crippen LogP contribution < -0.4 is 10.2 Å². The Kier molecular flexibility index (Phi) is 5.12. The zero-order valence-electron chi connectivity index (χ0n) is 9.68. The van der Waals surface area contributed by atoms with Gasteiger partial charge < -0.3 is 10.2 Å². The Hall–Kier alpha value is -0.540. The molecular weight excluding hydrogens is 252 g/mol. The lowest BCUT2D eigenvalue weighted by molar-refractivity contribution is 0.724. The summed E-state index contributed by atoms with van der Waals surface area (Å²) in [6.07, 6.45) is 0. The summed E-state index contributed by atoms with van der Waals surface area (Å²) in [6.45, 7) is 7.25. The van der Waals surface area contributed by atoms with Gasteiger partial charge in [-0.05, 0) is 31.2 Å². The van der Waals surface area contributed by atoms with Gasteiger partial charge in [0.1, 0.15) is 0 Å². The molecule has 0 saturated carbocycles. The number of anilines is 1. The first-order chi connectivity index (χ1) is 7.19. The first-order valence-corrected chi connectivity index (χ1v) is 6.18. The van der Waals surface area contributed by atoms with Crippen molar-refractivity contribution >= 4 is 21.6 Å². The highest BCUT2D eigenvalue weighted by Gasteiger charge is 2.06. The maximum atomic E-state index is 3.51. The summed E-state index contributed by atoms with van der Waals surface area (Å²) in [5.41, 5.74) is 2.65. The Morgan fingerprint density at radius 1 is 1.33 bits per heavy atom. The monoisotopic (exact) mass is 270 g/mol. The lowest BCUT2D eigenvalue weighted by atomic mass is 10.1. The number of nitrogens with one attached hydrogen (secondary N) is 1. The Balaban J connectivity index is 2.92. The van der Waals surface area contributed by atoms with Gasteiger partial charge in [0.2, 0.25) is 0 Å². The number of benzene rings is 1. The van der Waals surface area contributed by atoms with Crippen LogP contribution in [0.5, 0.6) is 0 Å². The van der Waals surface area contributed by atoms with Crippen LogP contribution in [-0.4, -0.2) is 20.1 Å². The number of hydrogen-bond donors (Lipinski definition) is 1. The average Bonchev–Trinajstić information content (AvgIpc) is 2.26. The summed E-state index contributed by atoms with van der Waals surface area (Å²) < 4.78 is 1.14. The SMILES string of the molecule is CCNCc1ccc(Br)cc1N(C)CC. The fourth-order valence-electron chi connectivity index (χ4n) is 1.47. The number of halogens is 1. The van der Waals surface area contributed by atoms with E-state index >= 15 is 0 Å². The summed E-state index contributed by atoms with van der Waals surface area (Å²) >= 11 is 3.51. The molecule has 1 rings (SSSR count). The molecule has 84 valence electrons. The molecule has 0 fully saturated rings. The normalized spacial score (nSPS) is 10.4. The highest BCUT2D eigenvalue weighted by atomic mass is 79.9. The van der Waals surface area contributed by atoms with Crippen molar-refractivity contribution in [2.75, 3.05) is 25.0 Å². The fourth-order valence-corrected chi connectivity index (χ4v) is 1.82. The highest BCUT2D eigenvalue weighted by Crippen LogP contribution is 2.24. The van der Waals surface area contributed by atoms with E-state index < -0.39 is 0 Å². The van der Waals surface area contributed by atoms with Crippen LogP contribution in [0.3, 0.4) is 0 Å². The minimum atomic E-state index is 0.934. The van der Waals surface area contributed by atoms with Gasteiger partial charge >= 0.3 is 0 Å². The molecule has 3 heteroatoms. The van der Waals surface area contributed by atoms with E-state index in [0.717, 1.165) is 24.1 Å². The second-order valence-electron chi connectivity index (χ2n) is 3.57. The van der Waals surface area contributed by atoms with Crippen LogP contribution in [0, 0.1) is 0 Å². The van der Waals surface area contributed by atoms with Gasteiger partial charge in [-0.3, -0.25) is 0 Å². The quantitative estimate of drug-likeness (QED) is 0.885. The van der Waals surface area contributed by atoms with Crippen molar-refractivity contribution < 1.29 is 0 Å². The van der Waals surface area contributed by atoms with Gasteiger partial charge in [0.15, 0.2) is 0 Å². The number of hydrogen-bond acceptors (Lipinski definition) is 2. The molecule has 0 bridgehead atoms. The van der Waals surface area contributed by atoms with E-state index in [4.69, 9.17) is 0 Å². The summed E-state index contributed by atoms with van der Waals surface area (Å²) in [4.78, 5) is 2.26. The second-order valence-corrected chi connectivity index (χ2v) is 4.48. The molecule has 1 aromatic rings. The van der Waals surface area contributed by atoms with E-state index in [0.29, 0.717) is 0 Å². The maximum Gasteiger partial charge on any atom is 0.0420 e. The second kappa shape index (κ2) is 6.13. The lowest BCUT2D eigenvalue weighted by Crippen LogP contribution is -2.20. The minimum Gasteiger partial charge on any atom is -0.375 e. The van der Waals surface area contributed by atoms with E-state index in [1.54, 1.807) is 0 Å². The van der Waals surface area contributed by atoms with Gasteiger partial charge in [-0.1, -0.05) is 28.9 Å². The Bertz CT molecular complexity index is 312. The Morgan fingerprint density at radius 2 is 2.07 bits per heavy atom. The van der Waals surface area contributed by atoms with Gasteiger partial charge in [-0.15, -0.1) is 0 Å². The summed E-state index contributed by atoms with van der Waals surface area (Å²) in [5.74, 6) is 0. The van der Waals surface area contributed by atoms with Crippen LogP contribution in [0.25, 0.3) is 0 Å². The van der Waals surface area contributed by atoms with Gasteiger partial charge in [0.25, 0.3) is 0 Å². The Labute approximate surface area is 101 Å². The van der Waals surface area contributed by atoms with Crippen molar-refractivity contribution in [2.24, 2.45) is 0 Å². The van der Waals surface area contributed by atoms with Gasteiger partial charge in [-0.25, -0.2) is 0 Å². The first kappa shape index (κ1) is 12.5. The van der Waals surface area contributed by atoms with Gasteiger partial charge in [0, 0.05) is 30.3 Å². The van der Waals surface area contributed by atoms with Crippen molar-refractivity contribution in [2.45, 2.75) is 20.4 Å². The maximum absolute atomic E-state index is 3.51. The molecule has 0 aliphatic carbocycles. The molecule has 0 aliphatic heterocycles. The van der Waals surface area contributed by atoms with Crippen molar-refractivity contribution in [1.29, 1.82) is 0 Å².